The average molecular weight is 1390 g/mol. The fraction of sp³-hybridized carbons (Fsp3) is 0.895. The Labute approximate surface area is 580 Å². The van der Waals surface area contributed by atoms with Crippen molar-refractivity contribution in [3.05, 3.63) is 24.3 Å². The molecule has 0 rings (SSSR count). The molecule has 0 heterocycles. The maximum atomic E-state index is 13.1. The highest BCUT2D eigenvalue weighted by atomic mass is 31.2. The van der Waals surface area contributed by atoms with Crippen LogP contribution in [0.1, 0.15) is 369 Å². The van der Waals surface area contributed by atoms with Gasteiger partial charge in [-0.3, -0.25) is 37.3 Å². The second kappa shape index (κ2) is 67.4. The quantitative estimate of drug-likeness (QED) is 0.0169. The van der Waals surface area contributed by atoms with Crippen LogP contribution in [0.5, 0.6) is 0 Å². The summed E-state index contributed by atoms with van der Waals surface area (Å²) >= 11 is 0. The second-order valence-electron chi connectivity index (χ2n) is 27.2. The molecule has 0 aliphatic heterocycles. The highest BCUT2D eigenvalue weighted by Gasteiger charge is 2.30. The number of hydrogen-bond donors (Lipinski definition) is 3. The number of aliphatic hydroxyl groups excluding tert-OH is 1. The largest absolute Gasteiger partial charge is 0.472 e. The summed E-state index contributed by atoms with van der Waals surface area (Å²) in [5, 5.41) is 10.6. The van der Waals surface area contributed by atoms with Gasteiger partial charge in [-0.05, 0) is 63.2 Å². The van der Waals surface area contributed by atoms with Crippen LogP contribution in [0.4, 0.5) is 0 Å². The van der Waals surface area contributed by atoms with Gasteiger partial charge in [-0.15, -0.1) is 0 Å². The summed E-state index contributed by atoms with van der Waals surface area (Å²) in [6.07, 6.45) is 57.6. The Morgan fingerprint density at radius 2 is 0.589 bits per heavy atom. The van der Waals surface area contributed by atoms with E-state index in [0.29, 0.717) is 25.7 Å². The van der Waals surface area contributed by atoms with Gasteiger partial charge >= 0.3 is 39.5 Å². The number of unbranched alkanes of at least 4 members (excludes halogenated alkanes) is 38. The first-order valence-corrected chi connectivity index (χ1v) is 41.9. The van der Waals surface area contributed by atoms with E-state index in [2.05, 4.69) is 65.8 Å². The molecular weight excluding hydrogens is 1250 g/mol. The van der Waals surface area contributed by atoms with Gasteiger partial charge in [0.1, 0.15) is 19.3 Å². The Balaban J connectivity index is 5.28. The predicted octanol–water partition coefficient (Wildman–Crippen LogP) is 21.9. The van der Waals surface area contributed by atoms with E-state index in [9.17, 15) is 43.2 Å². The zero-order valence-electron chi connectivity index (χ0n) is 61.5. The molecule has 0 aliphatic rings. The van der Waals surface area contributed by atoms with Gasteiger partial charge in [0.2, 0.25) is 0 Å². The van der Waals surface area contributed by atoms with Crippen LogP contribution in [-0.2, 0) is 65.4 Å². The number of esters is 4. The lowest BCUT2D eigenvalue weighted by Gasteiger charge is -2.21. The van der Waals surface area contributed by atoms with Crippen LogP contribution in [0.3, 0.4) is 0 Å². The number of ether oxygens (including phenoxy) is 4. The van der Waals surface area contributed by atoms with E-state index >= 15 is 0 Å². The van der Waals surface area contributed by atoms with E-state index in [1.54, 1.807) is 0 Å². The number of allylic oxidation sites excluding steroid dienone is 4. The van der Waals surface area contributed by atoms with E-state index in [1.807, 2.05) is 0 Å². The van der Waals surface area contributed by atoms with Crippen molar-refractivity contribution < 1.29 is 80.2 Å². The van der Waals surface area contributed by atoms with Crippen molar-refractivity contribution in [2.45, 2.75) is 387 Å². The molecule has 95 heavy (non-hydrogen) atoms. The number of phosphoric acid groups is 2. The summed E-state index contributed by atoms with van der Waals surface area (Å²) < 4.78 is 68.5. The third kappa shape index (κ3) is 67.2. The number of rotatable bonds is 73. The molecule has 0 bridgehead atoms. The van der Waals surface area contributed by atoms with Gasteiger partial charge in [0.25, 0.3) is 0 Å². The van der Waals surface area contributed by atoms with Gasteiger partial charge < -0.3 is 33.8 Å². The minimum Gasteiger partial charge on any atom is -0.462 e. The van der Waals surface area contributed by atoms with Crippen molar-refractivity contribution in [2.75, 3.05) is 39.6 Å². The lowest BCUT2D eigenvalue weighted by Crippen LogP contribution is -2.30. The minimum absolute atomic E-state index is 0.101. The molecule has 0 saturated heterocycles. The molecule has 0 radical (unpaired) electrons. The fourth-order valence-corrected chi connectivity index (χ4v) is 12.6. The van der Waals surface area contributed by atoms with E-state index in [1.165, 1.54) is 161 Å². The Hall–Kier alpha value is -2.46. The summed E-state index contributed by atoms with van der Waals surface area (Å²) in [5.41, 5.74) is 0. The van der Waals surface area contributed by atoms with Crippen LogP contribution >= 0.6 is 15.6 Å². The Morgan fingerprint density at radius 1 is 0.337 bits per heavy atom. The number of carbonyl (C=O) groups is 4. The molecule has 0 aromatic rings. The van der Waals surface area contributed by atoms with Crippen LogP contribution in [0.25, 0.3) is 0 Å². The first-order chi connectivity index (χ1) is 45.9. The van der Waals surface area contributed by atoms with E-state index in [-0.39, 0.29) is 25.7 Å². The van der Waals surface area contributed by atoms with Crippen LogP contribution < -0.4 is 0 Å². The normalized spacial score (nSPS) is 14.7. The second-order valence-corrected chi connectivity index (χ2v) is 30.1. The molecule has 0 saturated carbocycles. The van der Waals surface area contributed by atoms with E-state index in [4.69, 9.17) is 37.0 Å². The van der Waals surface area contributed by atoms with Crippen LogP contribution in [0.2, 0.25) is 0 Å². The molecule has 0 amide bonds. The summed E-state index contributed by atoms with van der Waals surface area (Å²) in [6.45, 7) is 9.54. The van der Waals surface area contributed by atoms with Gasteiger partial charge in [0.15, 0.2) is 12.2 Å². The van der Waals surface area contributed by atoms with Gasteiger partial charge in [-0.25, -0.2) is 9.13 Å². The first kappa shape index (κ1) is 92.5. The van der Waals surface area contributed by atoms with Gasteiger partial charge in [0.05, 0.1) is 26.4 Å². The summed E-state index contributed by atoms with van der Waals surface area (Å²) in [7, 11) is -9.92. The third-order valence-electron chi connectivity index (χ3n) is 17.8. The highest BCUT2D eigenvalue weighted by molar-refractivity contribution is 7.47. The lowest BCUT2D eigenvalue weighted by atomic mass is 9.99. The molecule has 0 fully saturated rings. The maximum absolute atomic E-state index is 13.1. The SMILES string of the molecule is CCCCCC/C=C\C=C/CCCCCCCC(=O)OC[C@H](COP(=O)(O)OC[C@@H](O)COP(=O)(O)OC[C@@H](COC(=O)CCCCCCCCC(C)CC)OC(=O)CCCCCCCCCCCCCC)OC(=O)CCCCCCCCCCCCCCCCC(C)CC. The zero-order valence-corrected chi connectivity index (χ0v) is 63.2. The van der Waals surface area contributed by atoms with Crippen LogP contribution in [-0.4, -0.2) is 96.7 Å². The Morgan fingerprint density at radius 3 is 0.895 bits per heavy atom. The third-order valence-corrected chi connectivity index (χ3v) is 19.7. The predicted molar refractivity (Wildman–Crippen MR) is 386 cm³/mol. The van der Waals surface area contributed by atoms with Crippen molar-refractivity contribution in [1.29, 1.82) is 0 Å². The van der Waals surface area contributed by atoms with Crippen molar-refractivity contribution in [3.63, 3.8) is 0 Å². The summed E-state index contributed by atoms with van der Waals surface area (Å²) in [4.78, 5) is 72.8. The van der Waals surface area contributed by atoms with Gasteiger partial charge in [0, 0.05) is 25.7 Å². The summed E-state index contributed by atoms with van der Waals surface area (Å²) in [6, 6.07) is 0. The first-order valence-electron chi connectivity index (χ1n) is 38.9. The van der Waals surface area contributed by atoms with Gasteiger partial charge in [-0.2, -0.15) is 0 Å². The minimum atomic E-state index is -4.96. The molecule has 7 atom stereocenters. The van der Waals surface area contributed by atoms with Crippen molar-refractivity contribution in [2.24, 2.45) is 11.8 Å². The molecule has 0 aromatic heterocycles. The molecule has 3 N–H and O–H groups in total. The standard InChI is InChI=1S/C76H144O17P2/c1-7-11-13-15-17-19-21-23-24-28-32-35-39-46-52-58-73(78)86-64-71(92-76(81)61-55-49-41-37-33-29-26-25-27-30-34-38-44-50-56-68(5)9-3)66-90-94(82,83)88-62-70(77)63-89-95(84,85)91-67-72(65-87-74(79)59-53-47-43-42-45-51-57-69(6)10-4)93-75(80)60-54-48-40-36-31-22-20-18-16-14-12-8-2/h19,21,23-24,68-72,77H,7-18,20,22,25-67H2,1-6H3,(H,82,83)(H,84,85)/b21-19-,24-23-/t68?,69?,70-,71-,72-/m1/s1. The lowest BCUT2D eigenvalue weighted by molar-refractivity contribution is -0.161. The van der Waals surface area contributed by atoms with Gasteiger partial charge in [-0.1, -0.05) is 316 Å². The molecule has 4 unspecified atom stereocenters. The number of hydrogen-bond acceptors (Lipinski definition) is 15. The number of phosphoric ester groups is 2. The highest BCUT2D eigenvalue weighted by Crippen LogP contribution is 2.45. The molecule has 17 nitrogen and oxygen atoms in total. The summed E-state index contributed by atoms with van der Waals surface area (Å²) in [5.74, 6) is -0.573. The van der Waals surface area contributed by atoms with Crippen LogP contribution in [0.15, 0.2) is 24.3 Å². The van der Waals surface area contributed by atoms with Crippen molar-refractivity contribution >= 4 is 39.5 Å². The molecular formula is C76H144O17P2. The smallest absolute Gasteiger partial charge is 0.462 e. The Bertz CT molecular complexity index is 1940. The van der Waals surface area contributed by atoms with Crippen molar-refractivity contribution in [3.8, 4) is 0 Å². The molecule has 0 aliphatic carbocycles. The van der Waals surface area contributed by atoms with Crippen LogP contribution in [0, 0.1) is 11.8 Å². The fourth-order valence-electron chi connectivity index (χ4n) is 11.0. The van der Waals surface area contributed by atoms with E-state index in [0.717, 1.165) is 127 Å². The topological polar surface area (TPSA) is 237 Å². The molecule has 560 valence electrons. The zero-order chi connectivity index (χ0) is 70.0. The average Bonchev–Trinajstić information content (AvgIpc) is 1.41. The van der Waals surface area contributed by atoms with Crippen molar-refractivity contribution in [1.82, 2.24) is 0 Å². The molecule has 0 aromatic carbocycles. The number of aliphatic hydroxyl groups is 1. The Kier molecular flexibility index (Phi) is 65.6. The molecule has 19 heteroatoms. The van der Waals surface area contributed by atoms with E-state index < -0.39 is 97.5 Å². The number of carbonyl (C=O) groups excluding carboxylic acids is 4. The maximum Gasteiger partial charge on any atom is 0.472 e. The molecule has 0 spiro atoms. The monoisotopic (exact) mass is 1390 g/mol.